The fourth-order valence-electron chi connectivity index (χ4n) is 1.98. The molecule has 4 heteroatoms. The van der Waals surface area contributed by atoms with E-state index in [2.05, 4.69) is 43.6 Å². The molecule has 0 atom stereocenters. The number of hydrogen-bond acceptors (Lipinski definition) is 1. The highest BCUT2D eigenvalue weighted by Gasteiger charge is 2.18. The van der Waals surface area contributed by atoms with Gasteiger partial charge in [-0.25, -0.2) is 0 Å². The molecule has 118 valence electrons. The Labute approximate surface area is 142 Å². The molecular formula is C17H25BrClNO. The minimum atomic E-state index is 0.0832. The Kier molecular flexibility index (Phi) is 7.75. The third kappa shape index (κ3) is 6.39. The van der Waals surface area contributed by atoms with E-state index in [1.165, 1.54) is 0 Å². The molecule has 1 rings (SSSR count). The predicted octanol–water partition coefficient (Wildman–Crippen LogP) is 5.64. The summed E-state index contributed by atoms with van der Waals surface area (Å²) in [5.41, 5.74) is 0.687. The smallest absolute Gasteiger partial charge is 0.254 e. The molecule has 2 nitrogen and oxygen atoms in total. The summed E-state index contributed by atoms with van der Waals surface area (Å²) in [5.74, 6) is 1.26. The monoisotopic (exact) mass is 373 g/mol. The topological polar surface area (TPSA) is 20.3 Å². The zero-order valence-electron chi connectivity index (χ0n) is 13.3. The molecule has 21 heavy (non-hydrogen) atoms. The van der Waals surface area contributed by atoms with Crippen molar-refractivity contribution in [2.24, 2.45) is 11.8 Å². The lowest BCUT2D eigenvalue weighted by molar-refractivity contribution is 0.0740. The summed E-state index contributed by atoms with van der Waals surface area (Å²) in [6, 6.07) is 5.34. The Balaban J connectivity index is 2.86. The minimum absolute atomic E-state index is 0.0832. The van der Waals surface area contributed by atoms with Gasteiger partial charge in [-0.2, -0.15) is 0 Å². The average molecular weight is 375 g/mol. The van der Waals surface area contributed by atoms with Gasteiger partial charge in [-0.1, -0.05) is 39.3 Å². The van der Waals surface area contributed by atoms with E-state index in [0.29, 0.717) is 22.4 Å². The van der Waals surface area contributed by atoms with E-state index >= 15 is 0 Å². The van der Waals surface area contributed by atoms with Gasteiger partial charge in [-0.15, -0.1) is 0 Å². The van der Waals surface area contributed by atoms with E-state index < -0.39 is 0 Å². The molecule has 0 radical (unpaired) electrons. The van der Waals surface area contributed by atoms with Gasteiger partial charge in [-0.05, 0) is 58.8 Å². The van der Waals surface area contributed by atoms with Gasteiger partial charge in [0.25, 0.3) is 5.91 Å². The molecule has 0 heterocycles. The molecule has 0 aliphatic rings. The van der Waals surface area contributed by atoms with E-state index in [0.717, 1.165) is 30.4 Å². The number of benzene rings is 1. The van der Waals surface area contributed by atoms with E-state index in [1.54, 1.807) is 18.2 Å². The summed E-state index contributed by atoms with van der Waals surface area (Å²) >= 11 is 9.40. The van der Waals surface area contributed by atoms with Gasteiger partial charge >= 0.3 is 0 Å². The molecule has 0 N–H and O–H groups in total. The normalized spacial score (nSPS) is 11.2. The number of amides is 1. The number of nitrogens with zero attached hydrogens (tertiary/aromatic N) is 1. The van der Waals surface area contributed by atoms with Crippen LogP contribution in [0.2, 0.25) is 5.02 Å². The quantitative estimate of drug-likeness (QED) is 0.605. The summed E-state index contributed by atoms with van der Waals surface area (Å²) in [5, 5.41) is 0.634. The van der Waals surface area contributed by atoms with Gasteiger partial charge in [0.05, 0.1) is 5.56 Å². The van der Waals surface area contributed by atoms with Crippen molar-refractivity contribution in [1.82, 2.24) is 4.90 Å². The molecule has 0 fully saturated rings. The van der Waals surface area contributed by atoms with Crippen molar-refractivity contribution in [3.8, 4) is 0 Å². The van der Waals surface area contributed by atoms with Crippen LogP contribution in [0.1, 0.15) is 50.9 Å². The fraction of sp³-hybridized carbons (Fsp3) is 0.588. The lowest BCUT2D eigenvalue weighted by Crippen LogP contribution is -2.34. The molecule has 0 aliphatic heterocycles. The fourth-order valence-corrected chi connectivity index (χ4v) is 2.83. The molecule has 0 aliphatic carbocycles. The zero-order valence-corrected chi connectivity index (χ0v) is 15.7. The van der Waals surface area contributed by atoms with Crippen molar-refractivity contribution in [3.63, 3.8) is 0 Å². The first-order valence-electron chi connectivity index (χ1n) is 7.55. The highest BCUT2D eigenvalue weighted by Crippen LogP contribution is 2.23. The van der Waals surface area contributed by atoms with Gasteiger partial charge in [-0.3, -0.25) is 4.79 Å². The first kappa shape index (κ1) is 18.5. The van der Waals surface area contributed by atoms with Crippen molar-refractivity contribution >= 4 is 33.4 Å². The number of halogens is 2. The zero-order chi connectivity index (χ0) is 16.0. The summed E-state index contributed by atoms with van der Waals surface area (Å²) in [7, 11) is 0. The second-order valence-corrected chi connectivity index (χ2v) is 7.57. The molecule has 1 amide bonds. The standard InChI is InChI=1S/C17H25BrClNO/c1-12(2)7-9-20(10-8-13(3)4)17(21)15-6-5-14(19)11-16(15)18/h5-6,11-13H,7-10H2,1-4H3. The molecule has 0 unspecified atom stereocenters. The van der Waals surface area contributed by atoms with Crippen LogP contribution in [0.25, 0.3) is 0 Å². The van der Waals surface area contributed by atoms with Crippen LogP contribution in [0.5, 0.6) is 0 Å². The van der Waals surface area contributed by atoms with Crippen molar-refractivity contribution in [2.75, 3.05) is 13.1 Å². The highest BCUT2D eigenvalue weighted by atomic mass is 79.9. The molecule has 0 saturated heterocycles. The van der Waals surface area contributed by atoms with Crippen LogP contribution < -0.4 is 0 Å². The summed E-state index contributed by atoms with van der Waals surface area (Å²) in [6.07, 6.45) is 2.05. The van der Waals surface area contributed by atoms with Crippen LogP contribution in [-0.2, 0) is 0 Å². The van der Waals surface area contributed by atoms with E-state index in [-0.39, 0.29) is 5.91 Å². The third-order valence-corrected chi connectivity index (χ3v) is 4.29. The van der Waals surface area contributed by atoms with Crippen LogP contribution in [0.15, 0.2) is 22.7 Å². The van der Waals surface area contributed by atoms with Gasteiger partial charge in [0.1, 0.15) is 0 Å². The molecule has 0 bridgehead atoms. The van der Waals surface area contributed by atoms with E-state index in [4.69, 9.17) is 11.6 Å². The number of carbonyl (C=O) groups excluding carboxylic acids is 1. The highest BCUT2D eigenvalue weighted by molar-refractivity contribution is 9.10. The maximum absolute atomic E-state index is 12.8. The lowest BCUT2D eigenvalue weighted by atomic mass is 10.1. The first-order valence-corrected chi connectivity index (χ1v) is 8.72. The second kappa shape index (κ2) is 8.79. The second-order valence-electron chi connectivity index (χ2n) is 6.28. The van der Waals surface area contributed by atoms with Gasteiger partial charge < -0.3 is 4.90 Å². The van der Waals surface area contributed by atoms with Crippen molar-refractivity contribution in [3.05, 3.63) is 33.3 Å². The predicted molar refractivity (Wildman–Crippen MR) is 94.0 cm³/mol. The third-order valence-electron chi connectivity index (χ3n) is 3.40. The number of hydrogen-bond donors (Lipinski definition) is 0. The van der Waals surface area contributed by atoms with Crippen molar-refractivity contribution < 1.29 is 4.79 Å². The molecular weight excluding hydrogens is 350 g/mol. The van der Waals surface area contributed by atoms with Crippen molar-refractivity contribution in [2.45, 2.75) is 40.5 Å². The Hall–Kier alpha value is -0.540. The number of rotatable bonds is 7. The largest absolute Gasteiger partial charge is 0.339 e. The summed E-state index contributed by atoms with van der Waals surface area (Å²) in [4.78, 5) is 14.7. The maximum atomic E-state index is 12.8. The van der Waals surface area contributed by atoms with Crippen LogP contribution in [0, 0.1) is 11.8 Å². The lowest BCUT2D eigenvalue weighted by Gasteiger charge is -2.25. The van der Waals surface area contributed by atoms with Crippen LogP contribution in [-0.4, -0.2) is 23.9 Å². The molecule has 0 aromatic heterocycles. The van der Waals surface area contributed by atoms with E-state index in [1.807, 2.05) is 4.90 Å². The van der Waals surface area contributed by atoms with Gasteiger partial charge in [0.2, 0.25) is 0 Å². The van der Waals surface area contributed by atoms with Gasteiger partial charge in [0.15, 0.2) is 0 Å². The molecule has 0 saturated carbocycles. The van der Waals surface area contributed by atoms with Crippen LogP contribution >= 0.6 is 27.5 Å². The average Bonchev–Trinajstić information content (AvgIpc) is 2.37. The molecule has 0 spiro atoms. The summed E-state index contributed by atoms with van der Waals surface area (Å²) < 4.78 is 0.763. The minimum Gasteiger partial charge on any atom is -0.339 e. The molecule has 1 aromatic rings. The van der Waals surface area contributed by atoms with E-state index in [9.17, 15) is 4.79 Å². The van der Waals surface area contributed by atoms with Crippen molar-refractivity contribution in [1.29, 1.82) is 0 Å². The molecule has 1 aromatic carbocycles. The SMILES string of the molecule is CC(C)CCN(CCC(C)C)C(=O)c1ccc(Cl)cc1Br. The first-order chi connectivity index (χ1) is 9.81. The summed E-state index contributed by atoms with van der Waals surface area (Å²) in [6.45, 7) is 10.3. The Bertz CT molecular complexity index is 462. The van der Waals surface area contributed by atoms with Crippen LogP contribution in [0.3, 0.4) is 0 Å². The maximum Gasteiger partial charge on any atom is 0.254 e. The Morgan fingerprint density at radius 2 is 1.67 bits per heavy atom. The Morgan fingerprint density at radius 1 is 1.14 bits per heavy atom. The van der Waals surface area contributed by atoms with Gasteiger partial charge in [0, 0.05) is 22.6 Å². The number of carbonyl (C=O) groups is 1. The van der Waals surface area contributed by atoms with Crippen LogP contribution in [0.4, 0.5) is 0 Å². The Morgan fingerprint density at radius 3 is 2.10 bits per heavy atom.